The van der Waals surface area contributed by atoms with Gasteiger partial charge >= 0.3 is 0 Å². The lowest BCUT2D eigenvalue weighted by Crippen LogP contribution is -1.89. The van der Waals surface area contributed by atoms with E-state index in [1.807, 2.05) is 24.3 Å². The summed E-state index contributed by atoms with van der Waals surface area (Å²) in [5, 5.41) is 4.98. The zero-order valence-corrected chi connectivity index (χ0v) is 12.1. The molecule has 20 heavy (non-hydrogen) atoms. The summed E-state index contributed by atoms with van der Waals surface area (Å²) in [5.74, 6) is 0. The van der Waals surface area contributed by atoms with E-state index >= 15 is 0 Å². The molecule has 2 aromatic carbocycles. The van der Waals surface area contributed by atoms with Crippen LogP contribution in [0.5, 0.6) is 0 Å². The van der Waals surface area contributed by atoms with Crippen LogP contribution in [0.2, 0.25) is 5.02 Å². The van der Waals surface area contributed by atoms with E-state index in [0.717, 1.165) is 28.0 Å². The monoisotopic (exact) mass is 298 g/mol. The molecule has 3 aromatic rings. The normalized spacial score (nSPS) is 12.1. The fourth-order valence-corrected chi connectivity index (χ4v) is 3.71. The first-order chi connectivity index (χ1) is 9.79. The lowest BCUT2D eigenvalue weighted by atomic mass is 10.1. The van der Waals surface area contributed by atoms with Crippen molar-refractivity contribution in [3.63, 3.8) is 0 Å². The Labute approximate surface area is 126 Å². The first-order valence-corrected chi connectivity index (χ1v) is 7.59. The van der Waals surface area contributed by atoms with Crippen molar-refractivity contribution in [1.29, 1.82) is 0 Å². The molecule has 1 aromatic heterocycles. The van der Waals surface area contributed by atoms with Gasteiger partial charge in [0.05, 0.1) is 5.69 Å². The molecule has 1 N–H and O–H groups in total. The van der Waals surface area contributed by atoms with Crippen LogP contribution < -0.4 is 5.32 Å². The van der Waals surface area contributed by atoms with Crippen molar-refractivity contribution in [3.05, 3.63) is 64.0 Å². The predicted molar refractivity (Wildman–Crippen MR) is 85.1 cm³/mol. The fraction of sp³-hybridized carbons (Fsp3) is 0.0625. The molecule has 0 radical (unpaired) electrons. The van der Waals surface area contributed by atoms with E-state index in [9.17, 15) is 0 Å². The van der Waals surface area contributed by atoms with E-state index in [4.69, 9.17) is 16.6 Å². The van der Waals surface area contributed by atoms with Gasteiger partial charge in [-0.05, 0) is 23.8 Å². The highest BCUT2D eigenvalue weighted by atomic mass is 35.5. The van der Waals surface area contributed by atoms with Crippen LogP contribution in [0, 0.1) is 0 Å². The molecule has 1 heterocycles. The molecule has 0 bridgehead atoms. The number of halogens is 1. The number of fused-ring (bicyclic) bond motifs is 3. The molecule has 4 heteroatoms. The minimum absolute atomic E-state index is 0.726. The van der Waals surface area contributed by atoms with Crippen molar-refractivity contribution >= 4 is 33.8 Å². The van der Waals surface area contributed by atoms with Crippen LogP contribution in [0.25, 0.3) is 11.3 Å². The van der Waals surface area contributed by atoms with Gasteiger partial charge in [-0.1, -0.05) is 41.9 Å². The molecule has 0 amide bonds. The highest BCUT2D eigenvalue weighted by Crippen LogP contribution is 2.41. The Morgan fingerprint density at radius 1 is 1.10 bits per heavy atom. The lowest BCUT2D eigenvalue weighted by Gasteiger charge is -2.03. The topological polar surface area (TPSA) is 24.9 Å². The van der Waals surface area contributed by atoms with Crippen LogP contribution in [-0.2, 0) is 6.42 Å². The van der Waals surface area contributed by atoms with Crippen LogP contribution in [-0.4, -0.2) is 4.98 Å². The van der Waals surface area contributed by atoms with Crippen molar-refractivity contribution in [3.8, 4) is 11.3 Å². The molecule has 1 aliphatic carbocycles. The third kappa shape index (κ3) is 1.99. The largest absolute Gasteiger partial charge is 0.331 e. The predicted octanol–water partition coefficient (Wildman–Crippen LogP) is 5.11. The highest BCUT2D eigenvalue weighted by Gasteiger charge is 2.22. The van der Waals surface area contributed by atoms with Crippen molar-refractivity contribution in [2.24, 2.45) is 0 Å². The van der Waals surface area contributed by atoms with Crippen LogP contribution in [0.4, 0.5) is 10.8 Å². The van der Waals surface area contributed by atoms with Gasteiger partial charge in [0.25, 0.3) is 0 Å². The van der Waals surface area contributed by atoms with E-state index < -0.39 is 0 Å². The Morgan fingerprint density at radius 3 is 2.90 bits per heavy atom. The second-order valence-corrected chi connectivity index (χ2v) is 6.28. The zero-order chi connectivity index (χ0) is 13.5. The first-order valence-electron chi connectivity index (χ1n) is 6.40. The van der Waals surface area contributed by atoms with Crippen molar-refractivity contribution in [2.45, 2.75) is 6.42 Å². The SMILES string of the molecule is Clc1cccc(Nc2nc3c(s2)Cc2ccccc2-3)c1. The third-order valence-electron chi connectivity index (χ3n) is 3.40. The maximum absolute atomic E-state index is 6.00. The third-order valence-corrected chi connectivity index (χ3v) is 4.60. The van der Waals surface area contributed by atoms with Crippen molar-refractivity contribution in [1.82, 2.24) is 4.98 Å². The molecule has 4 rings (SSSR count). The van der Waals surface area contributed by atoms with E-state index in [1.54, 1.807) is 11.3 Å². The lowest BCUT2D eigenvalue weighted by molar-refractivity contribution is 1.31. The standard InChI is InChI=1S/C16H11ClN2S/c17-11-5-3-6-12(9-11)18-16-19-15-13-7-2-1-4-10(13)8-14(15)20-16/h1-7,9H,8H2,(H,18,19). The van der Waals surface area contributed by atoms with Crippen molar-refractivity contribution < 1.29 is 0 Å². The number of nitrogens with zero attached hydrogens (tertiary/aromatic N) is 1. The molecular weight excluding hydrogens is 288 g/mol. The zero-order valence-electron chi connectivity index (χ0n) is 10.6. The number of aromatic nitrogens is 1. The molecule has 1 aliphatic rings. The van der Waals surface area contributed by atoms with Crippen LogP contribution in [0.1, 0.15) is 10.4 Å². The second kappa shape index (κ2) is 4.62. The molecule has 0 unspecified atom stereocenters. The smallest absolute Gasteiger partial charge is 0.187 e. The van der Waals surface area contributed by atoms with E-state index in [1.165, 1.54) is 16.0 Å². The summed E-state index contributed by atoms with van der Waals surface area (Å²) in [6, 6.07) is 16.2. The Kier molecular flexibility index (Phi) is 2.76. The maximum Gasteiger partial charge on any atom is 0.187 e. The number of thiazole rings is 1. The number of anilines is 2. The molecule has 0 saturated heterocycles. The fourth-order valence-electron chi connectivity index (χ4n) is 2.50. The summed E-state index contributed by atoms with van der Waals surface area (Å²) in [7, 11) is 0. The van der Waals surface area contributed by atoms with Gasteiger partial charge in [0, 0.05) is 27.6 Å². The van der Waals surface area contributed by atoms with Gasteiger partial charge in [-0.3, -0.25) is 0 Å². The quantitative estimate of drug-likeness (QED) is 0.556. The van der Waals surface area contributed by atoms with E-state index in [2.05, 4.69) is 29.6 Å². The summed E-state index contributed by atoms with van der Waals surface area (Å²) in [5.41, 5.74) is 4.72. The molecule has 0 aliphatic heterocycles. The average Bonchev–Trinajstić information content (AvgIpc) is 2.95. The Hall–Kier alpha value is -1.84. The summed E-state index contributed by atoms with van der Waals surface area (Å²) < 4.78 is 0. The number of hydrogen-bond donors (Lipinski definition) is 1. The van der Waals surface area contributed by atoms with Gasteiger partial charge in [-0.2, -0.15) is 0 Å². The molecule has 0 atom stereocenters. The van der Waals surface area contributed by atoms with Gasteiger partial charge < -0.3 is 5.32 Å². The number of benzene rings is 2. The second-order valence-electron chi connectivity index (χ2n) is 4.76. The molecule has 0 spiro atoms. The minimum atomic E-state index is 0.726. The Bertz CT molecular complexity index is 795. The van der Waals surface area contributed by atoms with Gasteiger partial charge in [0.2, 0.25) is 0 Å². The number of hydrogen-bond acceptors (Lipinski definition) is 3. The van der Waals surface area contributed by atoms with Gasteiger partial charge in [0.1, 0.15) is 0 Å². The van der Waals surface area contributed by atoms with Crippen molar-refractivity contribution in [2.75, 3.05) is 5.32 Å². The number of nitrogens with one attached hydrogen (secondary N) is 1. The minimum Gasteiger partial charge on any atom is -0.331 e. The number of rotatable bonds is 2. The maximum atomic E-state index is 6.00. The summed E-state index contributed by atoms with van der Waals surface area (Å²) >= 11 is 7.71. The summed E-state index contributed by atoms with van der Waals surface area (Å²) in [4.78, 5) is 6.05. The molecule has 2 nitrogen and oxygen atoms in total. The molecular formula is C16H11ClN2S. The van der Waals surface area contributed by atoms with Crippen LogP contribution >= 0.6 is 22.9 Å². The molecule has 0 saturated carbocycles. The summed E-state index contributed by atoms with van der Waals surface area (Å²) in [6.45, 7) is 0. The molecule has 0 fully saturated rings. The highest BCUT2D eigenvalue weighted by molar-refractivity contribution is 7.16. The average molecular weight is 299 g/mol. The van der Waals surface area contributed by atoms with E-state index in [0.29, 0.717) is 0 Å². The summed E-state index contributed by atoms with van der Waals surface area (Å²) in [6.07, 6.45) is 0.987. The van der Waals surface area contributed by atoms with Gasteiger partial charge in [-0.25, -0.2) is 4.98 Å². The van der Waals surface area contributed by atoms with Gasteiger partial charge in [-0.15, -0.1) is 11.3 Å². The Morgan fingerprint density at radius 2 is 2.00 bits per heavy atom. The van der Waals surface area contributed by atoms with Crippen LogP contribution in [0.3, 0.4) is 0 Å². The van der Waals surface area contributed by atoms with Gasteiger partial charge in [0.15, 0.2) is 5.13 Å². The molecule has 98 valence electrons. The first kappa shape index (κ1) is 11.9. The van der Waals surface area contributed by atoms with E-state index in [-0.39, 0.29) is 0 Å². The Balaban J connectivity index is 1.68. The van der Waals surface area contributed by atoms with Crippen LogP contribution in [0.15, 0.2) is 48.5 Å².